The summed E-state index contributed by atoms with van der Waals surface area (Å²) < 4.78 is 17.2. The van der Waals surface area contributed by atoms with Crippen molar-refractivity contribution in [2.24, 2.45) is 5.41 Å². The molecule has 1 saturated carbocycles. The lowest BCUT2D eigenvalue weighted by Gasteiger charge is -2.41. The first kappa shape index (κ1) is 32.4. The molecule has 1 fully saturated rings. The first-order valence-electron chi connectivity index (χ1n) is 16.1. The average molecular weight is 589 g/mol. The second-order valence-corrected chi connectivity index (χ2v) is 12.7. The van der Waals surface area contributed by atoms with E-state index in [0.717, 1.165) is 85.7 Å². The molecule has 1 heterocycles. The Hall–Kier alpha value is -3.48. The number of hydrogen-bond acceptors (Lipinski definition) is 7. The Labute approximate surface area is 256 Å². The number of benzene rings is 2. The Balaban J connectivity index is 1.26. The van der Waals surface area contributed by atoms with Crippen LogP contribution in [-0.2, 0) is 14.3 Å². The molecular weight excluding hydrogens is 540 g/mol. The van der Waals surface area contributed by atoms with Crippen LogP contribution in [-0.4, -0.2) is 40.7 Å². The van der Waals surface area contributed by atoms with E-state index in [1.807, 2.05) is 49.4 Å². The molecule has 2 aromatic carbocycles. The van der Waals surface area contributed by atoms with Gasteiger partial charge in [0.2, 0.25) is 0 Å². The third-order valence-electron chi connectivity index (χ3n) is 8.67. The molecule has 1 aliphatic rings. The van der Waals surface area contributed by atoms with Gasteiger partial charge in [-0.3, -0.25) is 4.79 Å². The lowest BCUT2D eigenvalue weighted by Crippen LogP contribution is -2.44. The maximum Gasteiger partial charge on any atom is 0.338 e. The lowest BCUT2D eigenvalue weighted by molar-refractivity contribution is -0.143. The molecule has 1 aromatic heterocycles. The second kappa shape index (κ2) is 15.3. The highest BCUT2D eigenvalue weighted by Gasteiger charge is 2.47. The summed E-state index contributed by atoms with van der Waals surface area (Å²) in [6.45, 7) is 9.45. The smallest absolute Gasteiger partial charge is 0.338 e. The average Bonchev–Trinajstić information content (AvgIpc) is 3.48. The first-order valence-corrected chi connectivity index (χ1v) is 16.1. The van der Waals surface area contributed by atoms with Crippen LogP contribution in [0.1, 0.15) is 115 Å². The molecule has 0 radical (unpaired) electrons. The maximum atomic E-state index is 13.1. The van der Waals surface area contributed by atoms with Crippen molar-refractivity contribution in [3.8, 4) is 17.0 Å². The van der Waals surface area contributed by atoms with Gasteiger partial charge in [-0.05, 0) is 69.7 Å². The fourth-order valence-corrected chi connectivity index (χ4v) is 5.99. The highest BCUT2D eigenvalue weighted by Crippen LogP contribution is 2.46. The summed E-state index contributed by atoms with van der Waals surface area (Å²) in [6, 6.07) is 13.5. The number of aromatic nitrogens is 2. The third kappa shape index (κ3) is 8.77. The zero-order valence-corrected chi connectivity index (χ0v) is 26.5. The predicted molar refractivity (Wildman–Crippen MR) is 170 cm³/mol. The van der Waals surface area contributed by atoms with E-state index in [1.165, 1.54) is 12.8 Å². The molecule has 0 unspecified atom stereocenters. The van der Waals surface area contributed by atoms with Crippen molar-refractivity contribution in [1.82, 2.24) is 9.97 Å². The highest BCUT2D eigenvalue weighted by molar-refractivity contribution is 5.94. The van der Waals surface area contributed by atoms with Gasteiger partial charge >= 0.3 is 11.9 Å². The normalized spacial score (nSPS) is 14.5. The van der Waals surface area contributed by atoms with Crippen molar-refractivity contribution in [2.45, 2.75) is 110 Å². The summed E-state index contributed by atoms with van der Waals surface area (Å²) in [6.07, 6.45) is 13.7. The summed E-state index contributed by atoms with van der Waals surface area (Å²) in [7, 11) is 0. The van der Waals surface area contributed by atoms with E-state index in [4.69, 9.17) is 14.2 Å². The molecule has 0 N–H and O–H groups in total. The van der Waals surface area contributed by atoms with Crippen LogP contribution in [0, 0.1) is 5.41 Å². The number of hydrogen-bond donors (Lipinski definition) is 0. The Bertz CT molecular complexity index is 1340. The van der Waals surface area contributed by atoms with Gasteiger partial charge in [-0.1, -0.05) is 65.0 Å². The monoisotopic (exact) mass is 588 g/mol. The van der Waals surface area contributed by atoms with Gasteiger partial charge < -0.3 is 14.2 Å². The van der Waals surface area contributed by atoms with E-state index < -0.39 is 5.60 Å². The molecular formula is C36H48N2O5. The van der Waals surface area contributed by atoms with Gasteiger partial charge in [0.15, 0.2) is 0 Å². The van der Waals surface area contributed by atoms with Gasteiger partial charge in [0.1, 0.15) is 17.7 Å². The molecule has 0 aliphatic heterocycles. The Kier molecular flexibility index (Phi) is 11.5. The molecule has 0 bridgehead atoms. The van der Waals surface area contributed by atoms with E-state index in [1.54, 1.807) is 6.33 Å². The molecule has 0 saturated heterocycles. The number of carbonyl (C=O) groups excluding carboxylic acids is 2. The van der Waals surface area contributed by atoms with Crippen molar-refractivity contribution in [3.05, 3.63) is 54.4 Å². The van der Waals surface area contributed by atoms with E-state index in [9.17, 15) is 9.59 Å². The van der Waals surface area contributed by atoms with Gasteiger partial charge in [-0.15, -0.1) is 0 Å². The Morgan fingerprint density at radius 2 is 1.53 bits per heavy atom. The quantitative estimate of drug-likeness (QED) is 0.129. The fraction of sp³-hybridized carbons (Fsp3) is 0.556. The van der Waals surface area contributed by atoms with Crippen LogP contribution < -0.4 is 4.74 Å². The van der Waals surface area contributed by atoms with Gasteiger partial charge in [-0.25, -0.2) is 14.8 Å². The Morgan fingerprint density at radius 3 is 2.21 bits per heavy atom. The third-order valence-corrected chi connectivity index (χ3v) is 8.67. The molecule has 0 amide bonds. The fourth-order valence-electron chi connectivity index (χ4n) is 5.99. The van der Waals surface area contributed by atoms with E-state index in [0.29, 0.717) is 25.2 Å². The van der Waals surface area contributed by atoms with Crippen molar-refractivity contribution in [1.29, 1.82) is 0 Å². The molecule has 7 nitrogen and oxygen atoms in total. The van der Waals surface area contributed by atoms with Crippen LogP contribution in [0.3, 0.4) is 0 Å². The molecule has 4 rings (SSSR count). The molecule has 1 aliphatic carbocycles. The van der Waals surface area contributed by atoms with Gasteiger partial charge in [0.25, 0.3) is 0 Å². The topological polar surface area (TPSA) is 87.6 Å². The van der Waals surface area contributed by atoms with Crippen molar-refractivity contribution < 1.29 is 23.8 Å². The highest BCUT2D eigenvalue weighted by atomic mass is 16.6. The Morgan fingerprint density at radius 1 is 0.860 bits per heavy atom. The maximum absolute atomic E-state index is 13.1. The van der Waals surface area contributed by atoms with Crippen molar-refractivity contribution in [3.63, 3.8) is 0 Å². The molecule has 7 heteroatoms. The van der Waals surface area contributed by atoms with E-state index >= 15 is 0 Å². The minimum absolute atomic E-state index is 0.0860. The van der Waals surface area contributed by atoms with E-state index in [2.05, 4.69) is 30.7 Å². The number of unbranched alkanes of at least 4 members (excludes halogenated alkanes) is 6. The second-order valence-electron chi connectivity index (χ2n) is 12.7. The van der Waals surface area contributed by atoms with Crippen molar-refractivity contribution >= 4 is 22.8 Å². The molecule has 0 spiro atoms. The zero-order valence-electron chi connectivity index (χ0n) is 26.5. The first-order chi connectivity index (χ1) is 20.7. The molecule has 43 heavy (non-hydrogen) atoms. The summed E-state index contributed by atoms with van der Waals surface area (Å²) in [5.41, 5.74) is 2.61. The van der Waals surface area contributed by atoms with Crippen LogP contribution in [0.25, 0.3) is 22.2 Å². The van der Waals surface area contributed by atoms with Crippen LogP contribution in [0.15, 0.2) is 48.8 Å². The van der Waals surface area contributed by atoms with Gasteiger partial charge in [0, 0.05) is 28.9 Å². The largest absolute Gasteiger partial charge is 0.494 e. The van der Waals surface area contributed by atoms with Gasteiger partial charge in [0.05, 0.1) is 30.0 Å². The minimum Gasteiger partial charge on any atom is -0.494 e. The predicted octanol–water partition coefficient (Wildman–Crippen LogP) is 8.88. The minimum atomic E-state index is -0.404. The number of ether oxygens (including phenoxy) is 3. The summed E-state index contributed by atoms with van der Waals surface area (Å²) >= 11 is 0. The molecule has 232 valence electrons. The SMILES string of the molecule is CCOC(=O)CCCCCCCCCOc1ccc2c(-c3ccc(C(=O)OC4(C(C)(C)C)CCCC4)cc3)ncnc2c1. The molecule has 0 atom stereocenters. The van der Waals surface area contributed by atoms with Gasteiger partial charge in [-0.2, -0.15) is 0 Å². The standard InChI is InChI=1S/C36H48N2O5/c1-5-41-32(39)15-11-9-7-6-8-10-14-24-42-29-20-21-30-31(25-29)37-26-38-33(30)27-16-18-28(19-17-27)34(40)43-36(35(2,3)4)22-12-13-23-36/h16-21,25-26H,5-15,22-24H2,1-4H3. The van der Waals surface area contributed by atoms with Crippen LogP contribution in [0.2, 0.25) is 0 Å². The number of fused-ring (bicyclic) bond motifs is 1. The summed E-state index contributed by atoms with van der Waals surface area (Å²) in [4.78, 5) is 33.5. The zero-order chi connectivity index (χ0) is 30.7. The van der Waals surface area contributed by atoms with Crippen molar-refractivity contribution in [2.75, 3.05) is 13.2 Å². The van der Waals surface area contributed by atoms with Crippen LogP contribution >= 0.6 is 0 Å². The van der Waals surface area contributed by atoms with E-state index in [-0.39, 0.29) is 17.4 Å². The number of carbonyl (C=O) groups is 2. The number of rotatable bonds is 15. The summed E-state index contributed by atoms with van der Waals surface area (Å²) in [5, 5.41) is 0.936. The lowest BCUT2D eigenvalue weighted by atomic mass is 9.75. The molecule has 3 aromatic rings. The van der Waals surface area contributed by atoms with Crippen LogP contribution in [0.5, 0.6) is 5.75 Å². The summed E-state index contributed by atoms with van der Waals surface area (Å²) in [5.74, 6) is 0.453. The number of esters is 2. The number of nitrogens with zero attached hydrogens (tertiary/aromatic N) is 2. The van der Waals surface area contributed by atoms with Crippen LogP contribution in [0.4, 0.5) is 0 Å².